The fourth-order valence-corrected chi connectivity index (χ4v) is 9.24. The number of fused-ring (bicyclic) bond motifs is 2. The lowest BCUT2D eigenvalue weighted by atomic mass is 10.1. The molecular weight excluding hydrogens is 1140 g/mol. The van der Waals surface area contributed by atoms with Crippen molar-refractivity contribution in [3.63, 3.8) is 0 Å². The zero-order valence-corrected chi connectivity index (χ0v) is 46.7. The summed E-state index contributed by atoms with van der Waals surface area (Å²) in [6, 6.07) is 41.5. The summed E-state index contributed by atoms with van der Waals surface area (Å²) < 4.78 is 94.8. The predicted molar refractivity (Wildman–Crippen MR) is 319 cm³/mol. The largest absolute Gasteiger partial charge is 0.487 e. The molecule has 23 heteroatoms. The number of nitrogen functional groups attached to an aromatic ring is 1. The normalized spacial score (nSPS) is 11.2. The van der Waals surface area contributed by atoms with E-state index in [1.807, 2.05) is 48.5 Å². The standard InChI is InChI=1S/C29H26ClFN4O4S.C16H17N3O4S.C13H11ClFNO.CH4/c1-40(36,37)13-12-32-16-22-8-11-27(39-22)19-6-9-26-23(14-19)29(34-18-33-26)35-21-7-10-28(24(30)15-21)38-17-20-4-2-3-5-25(20)31;1-24(21,22)7-6-17-9-12-3-5-15(23-12)11-2-4-14-13(8-11)16(20)19-10-18-14;14-11-7-10(16)5-6-13(11)17-8-9-3-1-2-4-12(9)15;/h2-11,14-15,18,32H,12-13,16-17H2,1H3,(H,33,34,35);2-5,8,10,17H,6-7,9H2,1H3,(H,18,19,20);1-7H,8,16H2;1H4. The lowest BCUT2D eigenvalue weighted by Gasteiger charge is -2.12. The zero-order valence-electron chi connectivity index (χ0n) is 43.6. The molecule has 0 amide bonds. The molecule has 0 aliphatic carbocycles. The number of benzene rings is 6. The Morgan fingerprint density at radius 2 is 1.12 bits per heavy atom. The van der Waals surface area contributed by atoms with Crippen molar-refractivity contribution in [2.75, 3.05) is 48.2 Å². The van der Waals surface area contributed by atoms with E-state index in [1.54, 1.807) is 84.9 Å². The van der Waals surface area contributed by atoms with E-state index in [2.05, 4.69) is 35.9 Å². The minimum atomic E-state index is -3.02. The molecule has 10 rings (SSSR count). The number of aromatic nitrogens is 4. The van der Waals surface area contributed by atoms with Crippen molar-refractivity contribution in [1.29, 1.82) is 0 Å². The van der Waals surface area contributed by atoms with Gasteiger partial charge in [0, 0.05) is 64.6 Å². The molecule has 4 aromatic heterocycles. The zero-order chi connectivity index (χ0) is 57.5. The highest BCUT2D eigenvalue weighted by Crippen LogP contribution is 2.34. The Hall–Kier alpha value is -8.18. The summed E-state index contributed by atoms with van der Waals surface area (Å²) in [6.45, 7) is 1.76. The summed E-state index contributed by atoms with van der Waals surface area (Å²) >= 11 is 12.4. The van der Waals surface area contributed by atoms with Crippen LogP contribution in [0.15, 0.2) is 172 Å². The number of furan rings is 2. The van der Waals surface area contributed by atoms with Crippen LogP contribution in [-0.2, 0) is 46.0 Å². The number of nitrogens with one attached hydrogen (secondary N) is 4. The third-order valence-corrected chi connectivity index (χ3v) is 14.4. The molecule has 0 radical (unpaired) electrons. The minimum absolute atomic E-state index is 0. The van der Waals surface area contributed by atoms with Gasteiger partial charge in [0.1, 0.15) is 91.2 Å². The SMILES string of the molecule is C.CS(=O)(=O)CCNCc1ccc(-c2ccc3nc[nH]c(=O)c3c2)o1.CS(=O)(=O)CCNCc1ccc(-c2ccc3ncnc(Nc4ccc(OCc5ccccc5F)c(Cl)c4)c3c2)o1.Nc1ccc(OCc2ccccc2F)c(Cl)c1. The third kappa shape index (κ3) is 17.9. The second-order valence-electron chi connectivity index (χ2n) is 18.3. The number of H-pyrrole nitrogens is 1. The second kappa shape index (κ2) is 28.5. The number of halogens is 4. The molecule has 0 fully saturated rings. The number of anilines is 3. The van der Waals surface area contributed by atoms with E-state index in [-0.39, 0.29) is 49.3 Å². The summed E-state index contributed by atoms with van der Waals surface area (Å²) in [4.78, 5) is 27.3. The van der Waals surface area contributed by atoms with Gasteiger partial charge in [-0.3, -0.25) is 4.79 Å². The summed E-state index contributed by atoms with van der Waals surface area (Å²) in [5.74, 6) is 3.72. The van der Waals surface area contributed by atoms with Crippen LogP contribution < -0.4 is 36.7 Å². The molecule has 0 bridgehead atoms. The lowest BCUT2D eigenvalue weighted by molar-refractivity contribution is 0.300. The third-order valence-electron chi connectivity index (χ3n) is 11.9. The van der Waals surface area contributed by atoms with Gasteiger partial charge >= 0.3 is 0 Å². The number of rotatable bonds is 20. The molecule has 428 valence electrons. The number of hydrogen-bond donors (Lipinski definition) is 5. The molecule has 0 aliphatic rings. The van der Waals surface area contributed by atoms with E-state index in [1.165, 1.54) is 37.3 Å². The first kappa shape index (κ1) is 61.4. The lowest BCUT2D eigenvalue weighted by Crippen LogP contribution is -2.21. The fourth-order valence-electron chi connectivity index (χ4n) is 7.73. The van der Waals surface area contributed by atoms with Gasteiger partial charge in [-0.1, -0.05) is 67.0 Å². The Morgan fingerprint density at radius 1 is 0.610 bits per heavy atom. The average molecular weight is 1200 g/mol. The second-order valence-corrected chi connectivity index (χ2v) is 23.6. The maximum atomic E-state index is 13.9. The summed E-state index contributed by atoms with van der Waals surface area (Å²) in [5, 5.41) is 11.5. The van der Waals surface area contributed by atoms with Crippen molar-refractivity contribution in [3.05, 3.63) is 213 Å². The van der Waals surface area contributed by atoms with E-state index < -0.39 is 19.7 Å². The van der Waals surface area contributed by atoms with Crippen LogP contribution in [0.25, 0.3) is 44.5 Å². The van der Waals surface area contributed by atoms with Crippen LogP contribution in [-0.4, -0.2) is 73.9 Å². The Balaban J connectivity index is 0.000000195. The van der Waals surface area contributed by atoms with Gasteiger partial charge in [0.25, 0.3) is 5.56 Å². The molecule has 0 unspecified atom stereocenters. The van der Waals surface area contributed by atoms with Gasteiger partial charge in [0.05, 0.1) is 57.4 Å². The van der Waals surface area contributed by atoms with Crippen LogP contribution in [0.1, 0.15) is 30.1 Å². The van der Waals surface area contributed by atoms with Gasteiger partial charge in [0.15, 0.2) is 0 Å². The van der Waals surface area contributed by atoms with Gasteiger partial charge in [0.2, 0.25) is 0 Å². The number of ether oxygens (including phenoxy) is 2. The highest BCUT2D eigenvalue weighted by atomic mass is 35.5. The van der Waals surface area contributed by atoms with Crippen LogP contribution in [0.2, 0.25) is 10.0 Å². The molecule has 0 saturated heterocycles. The fraction of sp³-hybridized carbons (Fsp3) is 0.186. The molecule has 0 spiro atoms. The Bertz CT molecular complexity index is 4090. The number of nitrogens with two attached hydrogens (primary N) is 1. The van der Waals surface area contributed by atoms with E-state index in [4.69, 9.17) is 47.2 Å². The smallest absolute Gasteiger partial charge is 0.258 e. The molecule has 0 aliphatic heterocycles. The van der Waals surface area contributed by atoms with Crippen molar-refractivity contribution < 1.29 is 43.9 Å². The maximum absolute atomic E-state index is 13.9. The molecule has 17 nitrogen and oxygen atoms in total. The topological polar surface area (TPSA) is 247 Å². The van der Waals surface area contributed by atoms with Crippen LogP contribution in [0.5, 0.6) is 11.5 Å². The quantitative estimate of drug-likeness (QED) is 0.0352. The van der Waals surface area contributed by atoms with Gasteiger partial charge in [-0.15, -0.1) is 0 Å². The highest BCUT2D eigenvalue weighted by Gasteiger charge is 2.14. The first-order valence-corrected chi connectivity index (χ1v) is 29.7. The molecule has 6 N–H and O–H groups in total. The molecule has 82 heavy (non-hydrogen) atoms. The molecule has 4 heterocycles. The van der Waals surface area contributed by atoms with E-state index >= 15 is 0 Å². The Labute approximate surface area is 482 Å². The molecular formula is C59H58Cl2F2N8O9S2. The highest BCUT2D eigenvalue weighted by molar-refractivity contribution is 7.90. The summed E-state index contributed by atoms with van der Waals surface area (Å²) in [5.41, 5.74) is 10.5. The van der Waals surface area contributed by atoms with Crippen molar-refractivity contribution >= 4 is 81.9 Å². The van der Waals surface area contributed by atoms with Gasteiger partial charge in [-0.25, -0.2) is 40.6 Å². The van der Waals surface area contributed by atoms with Gasteiger partial charge in [-0.2, -0.15) is 0 Å². The van der Waals surface area contributed by atoms with Gasteiger partial charge in [-0.05, 0) is 109 Å². The molecule has 10 aromatic rings. The monoisotopic (exact) mass is 1190 g/mol. The number of hydrogen-bond acceptors (Lipinski definition) is 16. The van der Waals surface area contributed by atoms with Crippen LogP contribution in [0, 0.1) is 11.6 Å². The van der Waals surface area contributed by atoms with Gasteiger partial charge < -0.3 is 45.0 Å². The van der Waals surface area contributed by atoms with Crippen molar-refractivity contribution in [2.24, 2.45) is 0 Å². The number of nitrogens with zero attached hydrogens (tertiary/aromatic N) is 3. The Kier molecular flexibility index (Phi) is 21.3. The van der Waals surface area contributed by atoms with Crippen LogP contribution in [0.3, 0.4) is 0 Å². The molecule has 0 atom stereocenters. The Morgan fingerprint density at radius 3 is 1.65 bits per heavy atom. The van der Waals surface area contributed by atoms with Crippen molar-refractivity contribution in [2.45, 2.75) is 33.7 Å². The van der Waals surface area contributed by atoms with E-state index in [0.29, 0.717) is 110 Å². The minimum Gasteiger partial charge on any atom is -0.487 e. The molecule has 0 saturated carbocycles. The van der Waals surface area contributed by atoms with Crippen molar-refractivity contribution in [1.82, 2.24) is 30.6 Å². The number of aromatic amines is 1. The predicted octanol–water partition coefficient (Wildman–Crippen LogP) is 11.7. The van der Waals surface area contributed by atoms with E-state index in [9.17, 15) is 30.4 Å². The van der Waals surface area contributed by atoms with Crippen LogP contribution >= 0.6 is 23.2 Å². The first-order chi connectivity index (χ1) is 38.8. The summed E-state index contributed by atoms with van der Waals surface area (Å²) in [7, 11) is -5.99. The average Bonchev–Trinajstić information content (AvgIpc) is 4.23. The summed E-state index contributed by atoms with van der Waals surface area (Å²) in [6.07, 6.45) is 5.26. The first-order valence-electron chi connectivity index (χ1n) is 24.9. The van der Waals surface area contributed by atoms with Crippen molar-refractivity contribution in [3.8, 4) is 34.1 Å². The maximum Gasteiger partial charge on any atom is 0.258 e. The van der Waals surface area contributed by atoms with Crippen LogP contribution in [0.4, 0.5) is 26.0 Å². The molecule has 6 aromatic carbocycles. The van der Waals surface area contributed by atoms with E-state index in [0.717, 1.165) is 22.0 Å². The number of sulfone groups is 2.